The smallest absolute Gasteiger partial charge is 0.338 e. The van der Waals surface area contributed by atoms with Gasteiger partial charge >= 0.3 is 5.97 Å². The van der Waals surface area contributed by atoms with Crippen LogP contribution in [0.3, 0.4) is 0 Å². The standard InChI is InChI=1S/C25H19ClN2O5/c26-19-9-6-16(7-10-19)13-27-22(29)15-33-25(32)18-8-11-20-21(12-18)24(31)28(23(20)30)14-17-4-2-1-3-5-17/h1-12H,13-15H2,(H,27,29). The van der Waals surface area contributed by atoms with Crippen molar-refractivity contribution in [3.63, 3.8) is 0 Å². The molecule has 3 aromatic carbocycles. The lowest BCUT2D eigenvalue weighted by Crippen LogP contribution is -2.29. The van der Waals surface area contributed by atoms with E-state index in [1.807, 2.05) is 30.3 Å². The number of carbonyl (C=O) groups is 4. The number of hydrogen-bond donors (Lipinski definition) is 1. The minimum atomic E-state index is -0.763. The number of carbonyl (C=O) groups excluding carboxylic acids is 4. The highest BCUT2D eigenvalue weighted by molar-refractivity contribution is 6.30. The molecule has 1 N–H and O–H groups in total. The Bertz CT molecular complexity index is 1230. The van der Waals surface area contributed by atoms with Crippen LogP contribution in [0.4, 0.5) is 0 Å². The molecule has 0 saturated carbocycles. The van der Waals surface area contributed by atoms with E-state index in [4.69, 9.17) is 16.3 Å². The third-order valence-electron chi connectivity index (χ3n) is 5.13. The average Bonchev–Trinajstić information content (AvgIpc) is 3.07. The molecule has 3 aromatic rings. The summed E-state index contributed by atoms with van der Waals surface area (Å²) >= 11 is 5.83. The fraction of sp³-hybridized carbons (Fsp3) is 0.120. The van der Waals surface area contributed by atoms with Gasteiger partial charge < -0.3 is 10.1 Å². The first kappa shape index (κ1) is 22.2. The number of halogens is 1. The van der Waals surface area contributed by atoms with Crippen molar-refractivity contribution in [2.45, 2.75) is 13.1 Å². The topological polar surface area (TPSA) is 92.8 Å². The number of fused-ring (bicyclic) bond motifs is 1. The summed E-state index contributed by atoms with van der Waals surface area (Å²) in [4.78, 5) is 50.9. The molecule has 1 aliphatic heterocycles. The average molecular weight is 463 g/mol. The zero-order valence-electron chi connectivity index (χ0n) is 17.4. The maximum absolute atomic E-state index is 12.8. The summed E-state index contributed by atoms with van der Waals surface area (Å²) in [5, 5.41) is 3.24. The van der Waals surface area contributed by atoms with E-state index in [0.29, 0.717) is 5.02 Å². The molecule has 0 radical (unpaired) electrons. The van der Waals surface area contributed by atoms with Gasteiger partial charge in [-0.2, -0.15) is 0 Å². The highest BCUT2D eigenvalue weighted by Crippen LogP contribution is 2.26. The van der Waals surface area contributed by atoms with Crippen molar-refractivity contribution in [3.05, 3.63) is 106 Å². The number of benzene rings is 3. The van der Waals surface area contributed by atoms with E-state index in [0.717, 1.165) is 16.0 Å². The van der Waals surface area contributed by atoms with Crippen molar-refractivity contribution in [3.8, 4) is 0 Å². The number of ether oxygens (including phenoxy) is 1. The zero-order valence-corrected chi connectivity index (χ0v) is 18.2. The summed E-state index contributed by atoms with van der Waals surface area (Å²) in [5.74, 6) is -2.13. The van der Waals surface area contributed by atoms with Gasteiger partial charge in [-0.1, -0.05) is 54.1 Å². The van der Waals surface area contributed by atoms with Crippen LogP contribution in [0.2, 0.25) is 5.02 Å². The molecular formula is C25H19ClN2O5. The third-order valence-corrected chi connectivity index (χ3v) is 5.38. The van der Waals surface area contributed by atoms with E-state index < -0.39 is 30.3 Å². The van der Waals surface area contributed by atoms with Crippen molar-refractivity contribution in [2.75, 3.05) is 6.61 Å². The van der Waals surface area contributed by atoms with Gasteiger partial charge in [0.25, 0.3) is 17.7 Å². The number of esters is 1. The molecule has 1 heterocycles. The molecule has 0 unspecified atom stereocenters. The summed E-state index contributed by atoms with van der Waals surface area (Å²) < 4.78 is 5.06. The quantitative estimate of drug-likeness (QED) is 0.427. The molecule has 0 fully saturated rings. The second-order valence-electron chi connectivity index (χ2n) is 7.42. The monoisotopic (exact) mass is 462 g/mol. The Morgan fingerprint density at radius 3 is 2.27 bits per heavy atom. The van der Waals surface area contributed by atoms with Crippen LogP contribution in [0, 0.1) is 0 Å². The van der Waals surface area contributed by atoms with E-state index in [9.17, 15) is 19.2 Å². The summed E-state index contributed by atoms with van der Waals surface area (Å²) in [6.45, 7) is -0.0719. The van der Waals surface area contributed by atoms with Crippen LogP contribution in [0.25, 0.3) is 0 Å². The molecule has 166 valence electrons. The van der Waals surface area contributed by atoms with E-state index in [1.165, 1.54) is 18.2 Å². The van der Waals surface area contributed by atoms with E-state index in [-0.39, 0.29) is 29.8 Å². The Hall–Kier alpha value is -3.97. The van der Waals surface area contributed by atoms with Gasteiger partial charge in [-0.25, -0.2) is 4.79 Å². The van der Waals surface area contributed by atoms with Crippen LogP contribution in [0.15, 0.2) is 72.8 Å². The first-order chi connectivity index (χ1) is 15.9. The fourth-order valence-corrected chi connectivity index (χ4v) is 3.52. The number of hydrogen-bond acceptors (Lipinski definition) is 5. The summed E-state index contributed by atoms with van der Waals surface area (Å²) in [6.07, 6.45) is 0. The maximum atomic E-state index is 12.8. The predicted octanol–water partition coefficient (Wildman–Crippen LogP) is 3.61. The lowest BCUT2D eigenvalue weighted by molar-refractivity contribution is -0.124. The fourth-order valence-electron chi connectivity index (χ4n) is 3.40. The highest BCUT2D eigenvalue weighted by atomic mass is 35.5. The van der Waals surface area contributed by atoms with Crippen LogP contribution in [0.5, 0.6) is 0 Å². The minimum absolute atomic E-state index is 0.0852. The number of nitrogens with zero attached hydrogens (tertiary/aromatic N) is 1. The molecule has 0 aromatic heterocycles. The SMILES string of the molecule is O=C(COC(=O)c1ccc2c(c1)C(=O)N(Cc1ccccc1)C2=O)NCc1ccc(Cl)cc1. The molecule has 33 heavy (non-hydrogen) atoms. The van der Waals surface area contributed by atoms with Crippen molar-refractivity contribution in [2.24, 2.45) is 0 Å². The van der Waals surface area contributed by atoms with Crippen LogP contribution in [0.1, 0.15) is 42.2 Å². The normalized spacial score (nSPS) is 12.5. The van der Waals surface area contributed by atoms with Crippen LogP contribution in [-0.4, -0.2) is 35.2 Å². The van der Waals surface area contributed by atoms with E-state index >= 15 is 0 Å². The van der Waals surface area contributed by atoms with Gasteiger partial charge in [-0.15, -0.1) is 0 Å². The molecule has 8 heteroatoms. The van der Waals surface area contributed by atoms with Crippen LogP contribution >= 0.6 is 11.6 Å². The molecular weight excluding hydrogens is 444 g/mol. The second-order valence-corrected chi connectivity index (χ2v) is 7.86. The summed E-state index contributed by atoms with van der Waals surface area (Å²) in [7, 11) is 0. The largest absolute Gasteiger partial charge is 0.452 e. The lowest BCUT2D eigenvalue weighted by Gasteiger charge is -2.13. The van der Waals surface area contributed by atoms with Crippen molar-refractivity contribution >= 4 is 35.3 Å². The lowest BCUT2D eigenvalue weighted by atomic mass is 10.1. The zero-order chi connectivity index (χ0) is 23.4. The van der Waals surface area contributed by atoms with Gasteiger partial charge in [-0.05, 0) is 41.5 Å². The number of imide groups is 1. The second kappa shape index (κ2) is 9.67. The maximum Gasteiger partial charge on any atom is 0.338 e. The predicted molar refractivity (Wildman–Crippen MR) is 121 cm³/mol. The van der Waals surface area contributed by atoms with Crippen LogP contribution < -0.4 is 5.32 Å². The highest BCUT2D eigenvalue weighted by Gasteiger charge is 2.36. The van der Waals surface area contributed by atoms with Gasteiger partial charge in [-0.3, -0.25) is 19.3 Å². The third kappa shape index (κ3) is 5.10. The Morgan fingerprint density at radius 2 is 1.55 bits per heavy atom. The number of amides is 3. The Labute approximate surface area is 194 Å². The van der Waals surface area contributed by atoms with E-state index in [2.05, 4.69) is 5.32 Å². The Balaban J connectivity index is 1.35. The van der Waals surface area contributed by atoms with E-state index in [1.54, 1.807) is 24.3 Å². The van der Waals surface area contributed by atoms with Gasteiger partial charge in [0.05, 0.1) is 23.2 Å². The summed E-state index contributed by atoms with van der Waals surface area (Å²) in [6, 6.07) is 20.3. The Kier molecular flexibility index (Phi) is 6.51. The van der Waals surface area contributed by atoms with Crippen molar-refractivity contribution in [1.82, 2.24) is 10.2 Å². The molecule has 4 rings (SSSR count). The Morgan fingerprint density at radius 1 is 0.848 bits per heavy atom. The molecule has 3 amide bonds. The molecule has 0 saturated heterocycles. The molecule has 0 spiro atoms. The molecule has 0 bridgehead atoms. The molecule has 7 nitrogen and oxygen atoms in total. The van der Waals surface area contributed by atoms with Crippen molar-refractivity contribution < 1.29 is 23.9 Å². The van der Waals surface area contributed by atoms with Crippen LogP contribution in [-0.2, 0) is 22.6 Å². The minimum Gasteiger partial charge on any atom is -0.452 e. The molecule has 1 aliphatic rings. The molecule has 0 aliphatic carbocycles. The summed E-state index contributed by atoms with van der Waals surface area (Å²) in [5.41, 5.74) is 2.12. The first-order valence-electron chi connectivity index (χ1n) is 10.1. The van der Waals surface area contributed by atoms with Gasteiger partial charge in [0.15, 0.2) is 6.61 Å². The van der Waals surface area contributed by atoms with Gasteiger partial charge in [0, 0.05) is 11.6 Å². The van der Waals surface area contributed by atoms with Gasteiger partial charge in [0.1, 0.15) is 0 Å². The first-order valence-corrected chi connectivity index (χ1v) is 10.5. The van der Waals surface area contributed by atoms with Gasteiger partial charge in [0.2, 0.25) is 0 Å². The van der Waals surface area contributed by atoms with Crippen molar-refractivity contribution in [1.29, 1.82) is 0 Å². The number of rotatable bonds is 7. The number of nitrogens with one attached hydrogen (secondary N) is 1. The molecule has 0 atom stereocenters.